The molecule has 0 unspecified atom stereocenters. The van der Waals surface area contributed by atoms with Crippen LogP contribution < -0.4 is 19.5 Å². The first-order chi connectivity index (χ1) is 16.8. The predicted octanol–water partition coefficient (Wildman–Crippen LogP) is 5.61. The van der Waals surface area contributed by atoms with Crippen LogP contribution in [0.4, 0.5) is 14.5 Å². The van der Waals surface area contributed by atoms with E-state index in [9.17, 15) is 18.4 Å². The monoisotopic (exact) mass is 500 g/mol. The number of nitrogens with one attached hydrogen (secondary N) is 2. The number of carbonyl (C=O) groups excluding carboxylic acids is 2. The van der Waals surface area contributed by atoms with Crippen LogP contribution in [0.25, 0.3) is 10.9 Å². The number of amides is 1. The number of aromatic amines is 1. The number of rotatable bonds is 7. The summed E-state index contributed by atoms with van der Waals surface area (Å²) in [6.45, 7) is 0. The number of anilines is 1. The molecule has 0 aliphatic carbocycles. The Morgan fingerprint density at radius 3 is 2.14 bits per heavy atom. The Morgan fingerprint density at radius 2 is 1.54 bits per heavy atom. The molecule has 0 aliphatic heterocycles. The summed E-state index contributed by atoms with van der Waals surface area (Å²) < 4.78 is 43.1. The molecular weight excluding hydrogens is 482 g/mol. The minimum absolute atomic E-state index is 0.0333. The van der Waals surface area contributed by atoms with Crippen molar-refractivity contribution in [3.63, 3.8) is 0 Å². The molecule has 0 aliphatic rings. The number of hydrogen-bond acceptors (Lipinski definition) is 5. The maximum atomic E-state index is 13.8. The Bertz CT molecular complexity index is 1440. The predicted molar refractivity (Wildman–Crippen MR) is 127 cm³/mol. The molecule has 1 heterocycles. The summed E-state index contributed by atoms with van der Waals surface area (Å²) in [5.74, 6) is -2.65. The average molecular weight is 501 g/mol. The highest BCUT2D eigenvalue weighted by molar-refractivity contribution is 6.31. The van der Waals surface area contributed by atoms with Gasteiger partial charge in [-0.05, 0) is 48.5 Å². The van der Waals surface area contributed by atoms with Gasteiger partial charge in [-0.25, -0.2) is 8.78 Å². The van der Waals surface area contributed by atoms with E-state index in [1.165, 1.54) is 33.5 Å². The first-order valence-corrected chi connectivity index (χ1v) is 10.6. The zero-order valence-corrected chi connectivity index (χ0v) is 19.5. The summed E-state index contributed by atoms with van der Waals surface area (Å²) in [6.07, 6.45) is 0. The van der Waals surface area contributed by atoms with Gasteiger partial charge in [-0.15, -0.1) is 0 Å². The Kier molecular flexibility index (Phi) is 6.61. The molecule has 1 aromatic heterocycles. The molecule has 2 N–H and O–H groups in total. The number of benzene rings is 3. The Balaban J connectivity index is 1.81. The summed E-state index contributed by atoms with van der Waals surface area (Å²) >= 11 is 6.09. The van der Waals surface area contributed by atoms with Crippen molar-refractivity contribution in [3.05, 3.63) is 82.0 Å². The van der Waals surface area contributed by atoms with E-state index in [1.807, 2.05) is 0 Å². The van der Waals surface area contributed by atoms with Gasteiger partial charge in [-0.3, -0.25) is 9.59 Å². The number of ether oxygens (including phenoxy) is 3. The van der Waals surface area contributed by atoms with Crippen molar-refractivity contribution in [1.29, 1.82) is 0 Å². The average Bonchev–Trinajstić information content (AvgIpc) is 3.21. The molecule has 180 valence electrons. The molecule has 0 fully saturated rings. The largest absolute Gasteiger partial charge is 0.493 e. The molecule has 0 saturated carbocycles. The number of ketones is 1. The van der Waals surface area contributed by atoms with Crippen LogP contribution in [0.15, 0.2) is 48.5 Å². The van der Waals surface area contributed by atoms with Crippen LogP contribution >= 0.6 is 11.6 Å². The van der Waals surface area contributed by atoms with Gasteiger partial charge in [0.25, 0.3) is 5.91 Å². The summed E-state index contributed by atoms with van der Waals surface area (Å²) in [6, 6.07) is 10.5. The zero-order valence-electron chi connectivity index (χ0n) is 18.8. The van der Waals surface area contributed by atoms with Gasteiger partial charge in [0.15, 0.2) is 23.1 Å². The molecule has 35 heavy (non-hydrogen) atoms. The summed E-state index contributed by atoms with van der Waals surface area (Å²) in [4.78, 5) is 29.4. The molecule has 0 saturated heterocycles. The van der Waals surface area contributed by atoms with Crippen LogP contribution in [-0.4, -0.2) is 38.0 Å². The van der Waals surface area contributed by atoms with Crippen LogP contribution in [-0.2, 0) is 0 Å². The molecular formula is C25H19ClF2N2O5. The first-order valence-electron chi connectivity index (χ1n) is 10.2. The molecule has 0 radical (unpaired) electrons. The third-order valence-corrected chi connectivity index (χ3v) is 5.57. The van der Waals surface area contributed by atoms with Crippen molar-refractivity contribution in [2.24, 2.45) is 0 Å². The number of halogens is 3. The van der Waals surface area contributed by atoms with Gasteiger partial charge in [0.1, 0.15) is 5.69 Å². The lowest BCUT2D eigenvalue weighted by atomic mass is 10.1. The second kappa shape index (κ2) is 9.63. The molecule has 0 bridgehead atoms. The van der Waals surface area contributed by atoms with Crippen molar-refractivity contribution in [1.82, 2.24) is 4.98 Å². The van der Waals surface area contributed by atoms with E-state index in [0.717, 1.165) is 18.2 Å². The SMILES string of the molecule is COc1cc(C(=O)Nc2c(C(=O)c3ccc(F)c(F)c3)[nH]c3cc(Cl)ccc23)cc(OC)c1OC. The topological polar surface area (TPSA) is 89.7 Å². The number of aromatic nitrogens is 1. The normalized spacial score (nSPS) is 10.8. The number of H-pyrrole nitrogens is 1. The minimum Gasteiger partial charge on any atom is -0.493 e. The van der Waals surface area contributed by atoms with Crippen molar-refractivity contribution in [2.75, 3.05) is 26.6 Å². The van der Waals surface area contributed by atoms with Gasteiger partial charge in [0.2, 0.25) is 11.5 Å². The van der Waals surface area contributed by atoms with Gasteiger partial charge in [-0.1, -0.05) is 11.6 Å². The lowest BCUT2D eigenvalue weighted by Gasteiger charge is -2.14. The highest BCUT2D eigenvalue weighted by Gasteiger charge is 2.24. The highest BCUT2D eigenvalue weighted by atomic mass is 35.5. The molecule has 4 rings (SSSR count). The van der Waals surface area contributed by atoms with E-state index in [-0.39, 0.29) is 34.0 Å². The van der Waals surface area contributed by atoms with Crippen LogP contribution in [0.3, 0.4) is 0 Å². The number of fused-ring (bicyclic) bond motifs is 1. The standard InChI is InChI=1S/C25H19ClF2N2O5/c1-33-19-9-13(10-20(34-2)24(19)35-3)25(32)30-21-15-6-5-14(26)11-18(15)29-22(21)23(31)12-4-7-16(27)17(28)8-12/h4-11,29H,1-3H3,(H,30,32). The van der Waals surface area contributed by atoms with E-state index < -0.39 is 23.3 Å². The third kappa shape index (κ3) is 4.50. The maximum absolute atomic E-state index is 13.8. The van der Waals surface area contributed by atoms with E-state index in [2.05, 4.69) is 10.3 Å². The van der Waals surface area contributed by atoms with Gasteiger partial charge < -0.3 is 24.5 Å². The van der Waals surface area contributed by atoms with Crippen LogP contribution in [0.2, 0.25) is 5.02 Å². The number of methoxy groups -OCH3 is 3. The Labute approximate surface area is 203 Å². The van der Waals surface area contributed by atoms with Crippen molar-refractivity contribution in [3.8, 4) is 17.2 Å². The third-order valence-electron chi connectivity index (χ3n) is 5.33. The molecule has 7 nitrogen and oxygen atoms in total. The van der Waals surface area contributed by atoms with Gasteiger partial charge in [-0.2, -0.15) is 0 Å². The molecule has 10 heteroatoms. The van der Waals surface area contributed by atoms with E-state index in [0.29, 0.717) is 21.7 Å². The van der Waals surface area contributed by atoms with Gasteiger partial charge in [0, 0.05) is 27.1 Å². The summed E-state index contributed by atoms with van der Waals surface area (Å²) in [7, 11) is 4.27. The lowest BCUT2D eigenvalue weighted by molar-refractivity contribution is 0.102. The zero-order chi connectivity index (χ0) is 25.3. The first kappa shape index (κ1) is 24.0. The van der Waals surface area contributed by atoms with Gasteiger partial charge >= 0.3 is 0 Å². The number of hydrogen-bond donors (Lipinski definition) is 2. The summed E-state index contributed by atoms with van der Waals surface area (Å²) in [5.41, 5.74) is 0.627. The molecule has 3 aromatic carbocycles. The van der Waals surface area contributed by atoms with Crippen LogP contribution in [0.1, 0.15) is 26.4 Å². The smallest absolute Gasteiger partial charge is 0.256 e. The van der Waals surface area contributed by atoms with E-state index in [1.54, 1.807) is 18.2 Å². The Morgan fingerprint density at radius 1 is 0.857 bits per heavy atom. The van der Waals surface area contributed by atoms with Crippen molar-refractivity contribution in [2.45, 2.75) is 0 Å². The molecule has 4 aromatic rings. The van der Waals surface area contributed by atoms with Crippen molar-refractivity contribution < 1.29 is 32.6 Å². The quantitative estimate of drug-likeness (QED) is 0.322. The lowest BCUT2D eigenvalue weighted by Crippen LogP contribution is -2.15. The molecule has 0 atom stereocenters. The van der Waals surface area contributed by atoms with Crippen LogP contribution in [0, 0.1) is 11.6 Å². The highest BCUT2D eigenvalue weighted by Crippen LogP contribution is 2.39. The second-order valence-electron chi connectivity index (χ2n) is 7.39. The fraction of sp³-hybridized carbons (Fsp3) is 0.120. The summed E-state index contributed by atoms with van der Waals surface area (Å²) in [5, 5.41) is 3.62. The second-order valence-corrected chi connectivity index (χ2v) is 7.83. The van der Waals surface area contributed by atoms with E-state index in [4.69, 9.17) is 25.8 Å². The van der Waals surface area contributed by atoms with Gasteiger partial charge in [0.05, 0.1) is 27.0 Å². The molecule has 1 amide bonds. The Hall–Kier alpha value is -4.11. The number of carbonyl (C=O) groups is 2. The minimum atomic E-state index is -1.17. The van der Waals surface area contributed by atoms with Crippen LogP contribution in [0.5, 0.6) is 17.2 Å². The van der Waals surface area contributed by atoms with Crippen molar-refractivity contribution >= 4 is 39.9 Å². The fourth-order valence-electron chi connectivity index (χ4n) is 3.65. The molecule has 0 spiro atoms. The fourth-order valence-corrected chi connectivity index (χ4v) is 3.82. The maximum Gasteiger partial charge on any atom is 0.256 e. The van der Waals surface area contributed by atoms with E-state index >= 15 is 0 Å².